The van der Waals surface area contributed by atoms with Gasteiger partial charge in [-0.1, -0.05) is 12.1 Å². The van der Waals surface area contributed by atoms with E-state index in [1.165, 1.54) is 23.9 Å². The predicted molar refractivity (Wildman–Crippen MR) is 78.8 cm³/mol. The number of ether oxygens (including phenoxy) is 1. The Morgan fingerprint density at radius 1 is 1.45 bits per heavy atom. The molecule has 1 saturated heterocycles. The van der Waals surface area contributed by atoms with Crippen LogP contribution in [0.3, 0.4) is 0 Å². The number of fused-ring (bicyclic) bond motifs is 1. The second-order valence-corrected chi connectivity index (χ2v) is 5.65. The van der Waals surface area contributed by atoms with Crippen molar-refractivity contribution in [2.45, 2.75) is 25.8 Å². The highest BCUT2D eigenvalue weighted by Crippen LogP contribution is 2.30. The number of rotatable bonds is 2. The summed E-state index contributed by atoms with van der Waals surface area (Å²) in [5, 5.41) is 3.45. The van der Waals surface area contributed by atoms with Crippen molar-refractivity contribution < 1.29 is 9.53 Å². The maximum absolute atomic E-state index is 11.8. The lowest BCUT2D eigenvalue weighted by molar-refractivity contribution is -0.145. The zero-order chi connectivity index (χ0) is 13.9. The standard InChI is InChI=1S/C16H22N2O2/c1-20-16(19)13-5-3-9-18(11-13)15-6-2-4-12-7-8-17-10-14(12)15/h2,4,6,13,17H,3,5,7-11H2,1H3. The highest BCUT2D eigenvalue weighted by molar-refractivity contribution is 5.73. The van der Waals surface area contributed by atoms with Gasteiger partial charge in [-0.15, -0.1) is 0 Å². The van der Waals surface area contributed by atoms with Gasteiger partial charge in [-0.3, -0.25) is 4.79 Å². The van der Waals surface area contributed by atoms with Crippen LogP contribution in [0.5, 0.6) is 0 Å². The molecule has 0 bridgehead atoms. The fraction of sp³-hybridized carbons (Fsp3) is 0.562. The molecule has 3 rings (SSSR count). The third-order valence-electron chi connectivity index (χ3n) is 4.42. The number of nitrogens with one attached hydrogen (secondary N) is 1. The van der Waals surface area contributed by atoms with Gasteiger partial charge in [0.1, 0.15) is 0 Å². The number of esters is 1. The summed E-state index contributed by atoms with van der Waals surface area (Å²) in [5.74, 6) is -0.0567. The Kier molecular flexibility index (Phi) is 3.92. The van der Waals surface area contributed by atoms with Gasteiger partial charge in [0, 0.05) is 25.3 Å². The third kappa shape index (κ3) is 2.52. The number of carbonyl (C=O) groups is 1. The van der Waals surface area contributed by atoms with Gasteiger partial charge >= 0.3 is 5.97 Å². The molecule has 1 atom stereocenters. The molecule has 2 aliphatic heterocycles. The first-order valence-corrected chi connectivity index (χ1v) is 7.44. The molecule has 20 heavy (non-hydrogen) atoms. The van der Waals surface area contributed by atoms with Crippen LogP contribution in [0.2, 0.25) is 0 Å². The van der Waals surface area contributed by atoms with E-state index in [-0.39, 0.29) is 11.9 Å². The molecule has 2 aliphatic rings. The topological polar surface area (TPSA) is 41.6 Å². The first-order chi connectivity index (χ1) is 9.79. The summed E-state index contributed by atoms with van der Waals surface area (Å²) in [6, 6.07) is 6.55. The lowest BCUT2D eigenvalue weighted by atomic mass is 9.94. The normalized spacial score (nSPS) is 22.2. The molecule has 0 amide bonds. The van der Waals surface area contributed by atoms with Crippen LogP contribution in [0, 0.1) is 5.92 Å². The molecular weight excluding hydrogens is 252 g/mol. The number of anilines is 1. The van der Waals surface area contributed by atoms with Gasteiger partial charge in [0.25, 0.3) is 0 Å². The van der Waals surface area contributed by atoms with Crippen LogP contribution < -0.4 is 10.2 Å². The molecule has 0 saturated carbocycles. The molecule has 0 aliphatic carbocycles. The van der Waals surface area contributed by atoms with Crippen LogP contribution >= 0.6 is 0 Å². The number of hydrogen-bond donors (Lipinski definition) is 1. The Morgan fingerprint density at radius 2 is 2.35 bits per heavy atom. The Labute approximate surface area is 120 Å². The minimum atomic E-state index is -0.0716. The zero-order valence-electron chi connectivity index (χ0n) is 12.0. The molecule has 0 spiro atoms. The highest BCUT2D eigenvalue weighted by Gasteiger charge is 2.28. The minimum Gasteiger partial charge on any atom is -0.469 e. The van der Waals surface area contributed by atoms with E-state index in [9.17, 15) is 4.79 Å². The largest absolute Gasteiger partial charge is 0.469 e. The van der Waals surface area contributed by atoms with Gasteiger partial charge in [0.05, 0.1) is 13.0 Å². The molecule has 1 N–H and O–H groups in total. The Morgan fingerprint density at radius 3 is 3.20 bits per heavy atom. The van der Waals surface area contributed by atoms with Crippen LogP contribution in [0.4, 0.5) is 5.69 Å². The zero-order valence-corrected chi connectivity index (χ0v) is 12.0. The SMILES string of the molecule is COC(=O)C1CCCN(c2cccc3c2CNCC3)C1. The third-order valence-corrected chi connectivity index (χ3v) is 4.42. The van der Waals surface area contributed by atoms with E-state index < -0.39 is 0 Å². The Hall–Kier alpha value is -1.55. The van der Waals surface area contributed by atoms with Crippen molar-refractivity contribution in [1.82, 2.24) is 5.32 Å². The fourth-order valence-corrected chi connectivity index (χ4v) is 3.35. The van der Waals surface area contributed by atoms with Gasteiger partial charge in [-0.05, 0) is 43.0 Å². The van der Waals surface area contributed by atoms with Crippen molar-refractivity contribution in [1.29, 1.82) is 0 Å². The van der Waals surface area contributed by atoms with Crippen molar-refractivity contribution in [3.8, 4) is 0 Å². The van der Waals surface area contributed by atoms with Crippen molar-refractivity contribution in [3.05, 3.63) is 29.3 Å². The number of methoxy groups -OCH3 is 1. The Bertz CT molecular complexity index is 501. The first-order valence-electron chi connectivity index (χ1n) is 7.44. The molecule has 1 aromatic rings. The molecule has 1 aromatic carbocycles. The molecule has 4 heteroatoms. The lowest BCUT2D eigenvalue weighted by Crippen LogP contribution is -2.40. The molecular formula is C16H22N2O2. The van der Waals surface area contributed by atoms with Crippen LogP contribution in [-0.4, -0.2) is 32.7 Å². The Balaban J connectivity index is 1.83. The minimum absolute atomic E-state index is 0.0150. The quantitative estimate of drug-likeness (QED) is 0.834. The number of hydrogen-bond acceptors (Lipinski definition) is 4. The monoisotopic (exact) mass is 274 g/mol. The molecule has 1 unspecified atom stereocenters. The van der Waals surface area contributed by atoms with Crippen LogP contribution in [0.1, 0.15) is 24.0 Å². The summed E-state index contributed by atoms with van der Waals surface area (Å²) in [6.07, 6.45) is 3.09. The van der Waals surface area contributed by atoms with Crippen LogP contribution in [-0.2, 0) is 22.5 Å². The maximum Gasteiger partial charge on any atom is 0.310 e. The second kappa shape index (κ2) is 5.83. The van der Waals surface area contributed by atoms with Gasteiger partial charge in [0.15, 0.2) is 0 Å². The van der Waals surface area contributed by atoms with Crippen molar-refractivity contribution in [3.63, 3.8) is 0 Å². The van der Waals surface area contributed by atoms with E-state index >= 15 is 0 Å². The van der Waals surface area contributed by atoms with Gasteiger partial charge < -0.3 is 15.0 Å². The van der Waals surface area contributed by atoms with E-state index in [1.807, 2.05) is 0 Å². The maximum atomic E-state index is 11.8. The number of carbonyl (C=O) groups excluding carboxylic acids is 1. The van der Waals surface area contributed by atoms with E-state index in [0.29, 0.717) is 0 Å². The molecule has 0 aromatic heterocycles. The first kappa shape index (κ1) is 13.4. The summed E-state index contributed by atoms with van der Waals surface area (Å²) in [6.45, 7) is 3.80. The molecule has 4 nitrogen and oxygen atoms in total. The smallest absolute Gasteiger partial charge is 0.310 e. The van der Waals surface area contributed by atoms with Gasteiger partial charge in [0.2, 0.25) is 0 Å². The second-order valence-electron chi connectivity index (χ2n) is 5.65. The van der Waals surface area contributed by atoms with Gasteiger partial charge in [-0.25, -0.2) is 0 Å². The van der Waals surface area contributed by atoms with E-state index in [4.69, 9.17) is 4.74 Å². The van der Waals surface area contributed by atoms with Crippen molar-refractivity contribution in [2.75, 3.05) is 31.6 Å². The van der Waals surface area contributed by atoms with E-state index in [2.05, 4.69) is 28.4 Å². The van der Waals surface area contributed by atoms with Crippen molar-refractivity contribution in [2.24, 2.45) is 5.92 Å². The highest BCUT2D eigenvalue weighted by atomic mass is 16.5. The average molecular weight is 274 g/mol. The molecule has 0 radical (unpaired) electrons. The molecule has 2 heterocycles. The van der Waals surface area contributed by atoms with E-state index in [0.717, 1.165) is 45.4 Å². The van der Waals surface area contributed by atoms with Crippen molar-refractivity contribution >= 4 is 11.7 Å². The molecule has 1 fully saturated rings. The number of nitrogens with zero attached hydrogens (tertiary/aromatic N) is 1. The lowest BCUT2D eigenvalue weighted by Gasteiger charge is -2.35. The summed E-state index contributed by atoms with van der Waals surface area (Å²) in [5.41, 5.74) is 4.15. The van der Waals surface area contributed by atoms with E-state index in [1.54, 1.807) is 0 Å². The summed E-state index contributed by atoms with van der Waals surface area (Å²) < 4.78 is 4.91. The number of benzene rings is 1. The van der Waals surface area contributed by atoms with Crippen LogP contribution in [0.25, 0.3) is 0 Å². The number of piperidine rings is 1. The summed E-state index contributed by atoms with van der Waals surface area (Å²) >= 11 is 0. The van der Waals surface area contributed by atoms with Gasteiger partial charge in [-0.2, -0.15) is 0 Å². The summed E-state index contributed by atoms with van der Waals surface area (Å²) in [7, 11) is 1.48. The summed E-state index contributed by atoms with van der Waals surface area (Å²) in [4.78, 5) is 14.1. The average Bonchev–Trinajstić information content (AvgIpc) is 2.53. The van der Waals surface area contributed by atoms with Crippen LogP contribution in [0.15, 0.2) is 18.2 Å². The predicted octanol–water partition coefficient (Wildman–Crippen LogP) is 1.72. The fourth-order valence-electron chi connectivity index (χ4n) is 3.35. The molecule has 108 valence electrons.